The van der Waals surface area contributed by atoms with Crippen molar-refractivity contribution in [3.8, 4) is 0 Å². The molecule has 0 unspecified atom stereocenters. The number of hydrogen-bond donors (Lipinski definition) is 0. The fourth-order valence-corrected chi connectivity index (χ4v) is 5.83. The highest BCUT2D eigenvalue weighted by atomic mass is 32.2. The Labute approximate surface area is 207 Å². The molecule has 3 rings (SSSR count). The van der Waals surface area contributed by atoms with Gasteiger partial charge in [0.15, 0.2) is 4.80 Å². The number of carbonyl (C=O) groups is 1. The summed E-state index contributed by atoms with van der Waals surface area (Å²) in [5.41, 5.74) is 0.972. The predicted molar refractivity (Wildman–Crippen MR) is 130 cm³/mol. The Balaban J connectivity index is 1.91. The van der Waals surface area contributed by atoms with Crippen LogP contribution in [0.5, 0.6) is 0 Å². The van der Waals surface area contributed by atoms with Crippen LogP contribution in [0.3, 0.4) is 0 Å². The zero-order chi connectivity index (χ0) is 25.4. The number of sulfonamides is 1. The number of nitrogens with zero attached hydrogens (tertiary/aromatic N) is 3. The summed E-state index contributed by atoms with van der Waals surface area (Å²) < 4.78 is 58.7. The van der Waals surface area contributed by atoms with Crippen LogP contribution in [0.2, 0.25) is 0 Å². The van der Waals surface area contributed by atoms with Crippen LogP contribution < -0.4 is 4.80 Å². The molecule has 0 spiro atoms. The van der Waals surface area contributed by atoms with Crippen molar-refractivity contribution in [2.75, 3.05) is 54.2 Å². The molecule has 9 nitrogen and oxygen atoms in total. The van der Waals surface area contributed by atoms with Crippen molar-refractivity contribution < 1.29 is 31.8 Å². The van der Waals surface area contributed by atoms with Gasteiger partial charge >= 0.3 is 0 Å². The molecule has 0 saturated heterocycles. The third-order valence-electron chi connectivity index (χ3n) is 5.19. The third-order valence-corrected chi connectivity index (χ3v) is 8.14. The molecule has 0 fully saturated rings. The number of thiazole rings is 1. The molecule has 1 aromatic heterocycles. The summed E-state index contributed by atoms with van der Waals surface area (Å²) in [6, 6.07) is 10.00. The number of halogens is 1. The van der Waals surface area contributed by atoms with Crippen LogP contribution in [0.25, 0.3) is 10.2 Å². The van der Waals surface area contributed by atoms with Crippen molar-refractivity contribution in [1.29, 1.82) is 0 Å². The lowest BCUT2D eigenvalue weighted by Crippen LogP contribution is -2.36. The second-order valence-corrected chi connectivity index (χ2v) is 10.4. The van der Waals surface area contributed by atoms with Crippen molar-refractivity contribution in [2.24, 2.45) is 4.99 Å². The molecule has 1 amide bonds. The molecule has 1 heterocycles. The smallest absolute Gasteiger partial charge is 0.279 e. The maximum absolute atomic E-state index is 13.7. The highest BCUT2D eigenvalue weighted by Crippen LogP contribution is 2.20. The lowest BCUT2D eigenvalue weighted by Gasteiger charge is -2.21. The summed E-state index contributed by atoms with van der Waals surface area (Å²) in [7, 11) is 0.756. The molecule has 0 saturated carbocycles. The normalized spacial score (nSPS) is 12.7. The molecule has 35 heavy (non-hydrogen) atoms. The Hall–Kier alpha value is -2.48. The number of benzene rings is 2. The van der Waals surface area contributed by atoms with E-state index in [-0.39, 0.29) is 42.6 Å². The van der Waals surface area contributed by atoms with E-state index in [2.05, 4.69) is 4.99 Å². The van der Waals surface area contributed by atoms with Crippen LogP contribution >= 0.6 is 11.3 Å². The number of carbonyl (C=O) groups excluding carboxylic acids is 1. The minimum Gasteiger partial charge on any atom is -0.383 e. The monoisotopic (exact) mass is 525 g/mol. The van der Waals surface area contributed by atoms with E-state index in [1.165, 1.54) is 66.3 Å². The number of hydrogen-bond acceptors (Lipinski definition) is 7. The first-order chi connectivity index (χ1) is 16.8. The molecule has 0 aliphatic carbocycles. The third kappa shape index (κ3) is 6.60. The van der Waals surface area contributed by atoms with E-state index >= 15 is 0 Å². The van der Waals surface area contributed by atoms with E-state index in [9.17, 15) is 17.6 Å². The van der Waals surface area contributed by atoms with Crippen LogP contribution in [-0.4, -0.2) is 77.4 Å². The minimum absolute atomic E-state index is 0.0498. The van der Waals surface area contributed by atoms with Crippen molar-refractivity contribution in [3.63, 3.8) is 0 Å². The zero-order valence-electron chi connectivity index (χ0n) is 19.8. The molecule has 190 valence electrons. The first kappa shape index (κ1) is 27.1. The number of aromatic nitrogens is 1. The van der Waals surface area contributed by atoms with E-state index in [1.54, 1.807) is 17.7 Å². The lowest BCUT2D eigenvalue weighted by atomic mass is 10.2. The molecule has 2 aromatic carbocycles. The van der Waals surface area contributed by atoms with Gasteiger partial charge in [0.2, 0.25) is 10.0 Å². The highest BCUT2D eigenvalue weighted by Gasteiger charge is 2.24. The molecule has 0 atom stereocenters. The van der Waals surface area contributed by atoms with Gasteiger partial charge < -0.3 is 18.8 Å². The first-order valence-electron chi connectivity index (χ1n) is 10.8. The molecule has 12 heteroatoms. The number of fused-ring (bicyclic) bond motifs is 1. The average molecular weight is 526 g/mol. The van der Waals surface area contributed by atoms with Gasteiger partial charge in [0.05, 0.1) is 34.9 Å². The summed E-state index contributed by atoms with van der Waals surface area (Å²) in [5.74, 6) is -0.917. The summed E-state index contributed by atoms with van der Waals surface area (Å²) in [4.78, 5) is 17.6. The first-order valence-corrected chi connectivity index (χ1v) is 13.0. The van der Waals surface area contributed by atoms with Gasteiger partial charge in [-0.15, -0.1) is 0 Å². The number of ether oxygens (including phenoxy) is 3. The summed E-state index contributed by atoms with van der Waals surface area (Å²) in [6.07, 6.45) is 0. The summed E-state index contributed by atoms with van der Waals surface area (Å²) in [6.45, 7) is 1.64. The molecular weight excluding hydrogens is 497 g/mol. The van der Waals surface area contributed by atoms with Gasteiger partial charge in [0, 0.05) is 46.5 Å². The fraction of sp³-hybridized carbons (Fsp3) is 0.391. The number of amides is 1. The van der Waals surface area contributed by atoms with Gasteiger partial charge in [0.25, 0.3) is 5.91 Å². The summed E-state index contributed by atoms with van der Waals surface area (Å²) in [5, 5.41) is 0. The van der Waals surface area contributed by atoms with Crippen LogP contribution in [-0.2, 0) is 30.8 Å². The van der Waals surface area contributed by atoms with Crippen LogP contribution in [0.15, 0.2) is 52.4 Å². The second kappa shape index (κ2) is 12.5. The fourth-order valence-electron chi connectivity index (χ4n) is 3.34. The van der Waals surface area contributed by atoms with Gasteiger partial charge in [-0.3, -0.25) is 4.79 Å². The largest absolute Gasteiger partial charge is 0.383 e. The van der Waals surface area contributed by atoms with Gasteiger partial charge in [-0.2, -0.15) is 9.30 Å². The molecule has 0 bridgehead atoms. The van der Waals surface area contributed by atoms with Gasteiger partial charge in [0.1, 0.15) is 5.82 Å². The standard InChI is InChI=1S/C23H28FN3O6S2/c1-31-13-10-26(11-14-32-2)35(29,30)19-7-4-17(5-8-19)22(28)25-23-27(12-15-33-3)20-9-6-18(24)16-21(20)34-23/h4-9,16H,10-15H2,1-3H3. The average Bonchev–Trinajstić information content (AvgIpc) is 3.18. The van der Waals surface area contributed by atoms with E-state index in [1.807, 2.05) is 0 Å². The van der Waals surface area contributed by atoms with Crippen molar-refractivity contribution in [2.45, 2.75) is 11.4 Å². The molecule has 0 radical (unpaired) electrons. The van der Waals surface area contributed by atoms with E-state index in [0.717, 1.165) is 5.52 Å². The Kier molecular flexibility index (Phi) is 9.66. The van der Waals surface area contributed by atoms with Crippen molar-refractivity contribution >= 4 is 37.5 Å². The van der Waals surface area contributed by atoms with E-state index in [0.29, 0.717) is 22.7 Å². The van der Waals surface area contributed by atoms with E-state index < -0.39 is 15.9 Å². The Morgan fingerprint density at radius 2 is 1.63 bits per heavy atom. The topological polar surface area (TPSA) is 99.4 Å². The molecule has 0 aliphatic rings. The minimum atomic E-state index is -3.81. The Morgan fingerprint density at radius 3 is 2.23 bits per heavy atom. The lowest BCUT2D eigenvalue weighted by molar-refractivity contribution is 0.0997. The molecule has 0 aliphatic heterocycles. The van der Waals surface area contributed by atoms with Gasteiger partial charge in [-0.1, -0.05) is 11.3 Å². The molecule has 0 N–H and O–H groups in total. The Bertz CT molecular complexity index is 1310. The van der Waals surface area contributed by atoms with E-state index in [4.69, 9.17) is 14.2 Å². The maximum Gasteiger partial charge on any atom is 0.279 e. The SMILES string of the molecule is COCCN(CCOC)S(=O)(=O)c1ccc(C(=O)N=c2sc3cc(F)ccc3n2CCOC)cc1. The zero-order valence-corrected chi connectivity index (χ0v) is 21.4. The van der Waals surface area contributed by atoms with Gasteiger partial charge in [-0.05, 0) is 42.5 Å². The van der Waals surface area contributed by atoms with Gasteiger partial charge in [-0.25, -0.2) is 12.8 Å². The molecule has 3 aromatic rings. The summed E-state index contributed by atoms with van der Waals surface area (Å²) >= 11 is 1.19. The maximum atomic E-state index is 13.7. The van der Waals surface area contributed by atoms with Crippen molar-refractivity contribution in [1.82, 2.24) is 8.87 Å². The highest BCUT2D eigenvalue weighted by molar-refractivity contribution is 7.89. The number of methoxy groups -OCH3 is 3. The predicted octanol–water partition coefficient (Wildman–Crippen LogP) is 2.51. The van der Waals surface area contributed by atoms with Crippen molar-refractivity contribution in [3.05, 3.63) is 58.6 Å². The quantitative estimate of drug-likeness (QED) is 0.360. The van der Waals surface area contributed by atoms with Crippen LogP contribution in [0.1, 0.15) is 10.4 Å². The number of rotatable bonds is 12. The van der Waals surface area contributed by atoms with Crippen LogP contribution in [0, 0.1) is 5.82 Å². The Morgan fingerprint density at radius 1 is 1.00 bits per heavy atom. The van der Waals surface area contributed by atoms with Crippen LogP contribution in [0.4, 0.5) is 4.39 Å². The second-order valence-electron chi connectivity index (χ2n) is 7.47. The molecular formula is C23H28FN3O6S2.